The first-order valence-electron chi connectivity index (χ1n) is 7.81. The number of hydrogen-bond donors (Lipinski definition) is 1. The highest BCUT2D eigenvalue weighted by Crippen LogP contribution is 2.18. The minimum atomic E-state index is 0.631. The van der Waals surface area contributed by atoms with E-state index in [-0.39, 0.29) is 0 Å². The summed E-state index contributed by atoms with van der Waals surface area (Å²) < 4.78 is 5.16. The van der Waals surface area contributed by atoms with Gasteiger partial charge in [-0.1, -0.05) is 24.3 Å². The van der Waals surface area contributed by atoms with E-state index in [4.69, 9.17) is 4.74 Å². The van der Waals surface area contributed by atoms with Crippen LogP contribution in [0.25, 0.3) is 0 Å². The number of aromatic nitrogens is 1. The van der Waals surface area contributed by atoms with Crippen molar-refractivity contribution in [2.45, 2.75) is 19.5 Å². The summed E-state index contributed by atoms with van der Waals surface area (Å²) in [7, 11) is 3.46. The highest BCUT2D eigenvalue weighted by molar-refractivity contribution is 5.80. The van der Waals surface area contributed by atoms with Crippen molar-refractivity contribution < 1.29 is 4.74 Å². The largest absolute Gasteiger partial charge is 0.481 e. The summed E-state index contributed by atoms with van der Waals surface area (Å²) in [6.45, 7) is 2.58. The van der Waals surface area contributed by atoms with Crippen LogP contribution < -0.4 is 10.1 Å². The maximum Gasteiger partial charge on any atom is 0.213 e. The van der Waals surface area contributed by atoms with E-state index in [1.165, 1.54) is 11.1 Å². The number of fused-ring (bicyclic) bond motifs is 1. The van der Waals surface area contributed by atoms with Crippen LogP contribution in [0.1, 0.15) is 16.7 Å². The number of ether oxygens (including phenoxy) is 1. The van der Waals surface area contributed by atoms with E-state index in [1.54, 1.807) is 13.3 Å². The molecule has 1 N–H and O–H groups in total. The van der Waals surface area contributed by atoms with Gasteiger partial charge in [0.2, 0.25) is 5.88 Å². The molecule has 0 aliphatic carbocycles. The number of rotatable bonds is 3. The van der Waals surface area contributed by atoms with Crippen molar-refractivity contribution in [1.29, 1.82) is 0 Å². The molecular weight excluding hydrogens is 288 g/mol. The summed E-state index contributed by atoms with van der Waals surface area (Å²) in [5, 5.41) is 3.43. The molecule has 1 aliphatic heterocycles. The van der Waals surface area contributed by atoms with Crippen molar-refractivity contribution in [3.63, 3.8) is 0 Å². The van der Waals surface area contributed by atoms with Gasteiger partial charge in [0.1, 0.15) is 0 Å². The Kier molecular flexibility index (Phi) is 4.76. The summed E-state index contributed by atoms with van der Waals surface area (Å²) in [4.78, 5) is 10.8. The molecule has 5 nitrogen and oxygen atoms in total. The van der Waals surface area contributed by atoms with Crippen molar-refractivity contribution in [3.05, 3.63) is 59.3 Å². The van der Waals surface area contributed by atoms with Crippen LogP contribution in [0.3, 0.4) is 0 Å². The van der Waals surface area contributed by atoms with Gasteiger partial charge in [0.05, 0.1) is 7.11 Å². The molecule has 0 unspecified atom stereocenters. The van der Waals surface area contributed by atoms with Crippen LogP contribution >= 0.6 is 0 Å². The molecule has 0 spiro atoms. The number of nitrogens with zero attached hydrogens (tertiary/aromatic N) is 3. The van der Waals surface area contributed by atoms with Crippen molar-refractivity contribution in [3.8, 4) is 5.88 Å². The second-order valence-electron chi connectivity index (χ2n) is 5.55. The molecule has 1 aromatic carbocycles. The Morgan fingerprint density at radius 1 is 1.30 bits per heavy atom. The molecule has 0 bridgehead atoms. The third-order valence-electron chi connectivity index (χ3n) is 4.10. The number of benzene rings is 1. The Morgan fingerprint density at radius 2 is 2.13 bits per heavy atom. The summed E-state index contributed by atoms with van der Waals surface area (Å²) in [6.07, 6.45) is 2.82. The average molecular weight is 310 g/mol. The van der Waals surface area contributed by atoms with Crippen LogP contribution in [-0.2, 0) is 19.5 Å². The normalized spacial score (nSPS) is 14.3. The molecule has 1 aromatic heterocycles. The number of methoxy groups -OCH3 is 1. The second kappa shape index (κ2) is 7.13. The molecule has 3 rings (SSSR count). The quantitative estimate of drug-likeness (QED) is 0.698. The molecule has 0 atom stereocenters. The smallest absolute Gasteiger partial charge is 0.213 e. The standard InChI is InChI=1S/C18H22N4O/c1-19-18(21-12-14-7-9-20-17(11-14)23-2)22-10-8-15-5-3-4-6-16(15)13-22/h3-7,9,11H,8,10,12-13H2,1-2H3,(H,19,21). The molecule has 0 saturated heterocycles. The van der Waals surface area contributed by atoms with Gasteiger partial charge in [0, 0.05) is 38.9 Å². The van der Waals surface area contributed by atoms with Gasteiger partial charge in [-0.05, 0) is 29.2 Å². The van der Waals surface area contributed by atoms with Crippen LogP contribution in [0.4, 0.5) is 0 Å². The molecule has 0 radical (unpaired) electrons. The zero-order chi connectivity index (χ0) is 16.1. The first-order valence-corrected chi connectivity index (χ1v) is 7.81. The predicted octanol–water partition coefficient (Wildman–Crippen LogP) is 2.22. The lowest BCUT2D eigenvalue weighted by atomic mass is 10.0. The van der Waals surface area contributed by atoms with Gasteiger partial charge in [-0.2, -0.15) is 0 Å². The molecule has 23 heavy (non-hydrogen) atoms. The summed E-state index contributed by atoms with van der Waals surface area (Å²) in [5.74, 6) is 1.56. The van der Waals surface area contributed by atoms with E-state index < -0.39 is 0 Å². The Balaban J connectivity index is 1.65. The van der Waals surface area contributed by atoms with Gasteiger partial charge in [0.15, 0.2) is 5.96 Å². The molecule has 2 heterocycles. The van der Waals surface area contributed by atoms with Crippen LogP contribution in [0, 0.1) is 0 Å². The van der Waals surface area contributed by atoms with E-state index in [0.29, 0.717) is 12.4 Å². The second-order valence-corrected chi connectivity index (χ2v) is 5.55. The Bertz CT molecular complexity index is 699. The lowest BCUT2D eigenvalue weighted by Crippen LogP contribution is -2.43. The maximum absolute atomic E-state index is 5.16. The number of aliphatic imine (C=N–C) groups is 1. The Morgan fingerprint density at radius 3 is 2.91 bits per heavy atom. The predicted molar refractivity (Wildman–Crippen MR) is 91.5 cm³/mol. The first-order chi connectivity index (χ1) is 11.3. The number of pyridine rings is 1. The molecule has 1 aliphatic rings. The summed E-state index contributed by atoms with van der Waals surface area (Å²) >= 11 is 0. The molecule has 0 amide bonds. The van der Waals surface area contributed by atoms with Crippen LogP contribution in [0.2, 0.25) is 0 Å². The minimum absolute atomic E-state index is 0.631. The SMILES string of the molecule is CN=C(NCc1ccnc(OC)c1)N1CCc2ccccc2C1. The maximum atomic E-state index is 5.16. The van der Waals surface area contributed by atoms with Crippen LogP contribution in [0.15, 0.2) is 47.6 Å². The fourth-order valence-corrected chi connectivity index (χ4v) is 2.86. The number of guanidine groups is 1. The highest BCUT2D eigenvalue weighted by Gasteiger charge is 2.18. The third kappa shape index (κ3) is 3.62. The van der Waals surface area contributed by atoms with Gasteiger partial charge in [-0.3, -0.25) is 4.99 Å². The highest BCUT2D eigenvalue weighted by atomic mass is 16.5. The van der Waals surface area contributed by atoms with Gasteiger partial charge in [0.25, 0.3) is 0 Å². The Labute approximate surface area is 137 Å². The first kappa shape index (κ1) is 15.3. The number of hydrogen-bond acceptors (Lipinski definition) is 3. The molecule has 0 fully saturated rings. The molecule has 2 aromatic rings. The lowest BCUT2D eigenvalue weighted by Gasteiger charge is -2.31. The molecule has 120 valence electrons. The topological polar surface area (TPSA) is 49.8 Å². The van der Waals surface area contributed by atoms with Crippen LogP contribution in [-0.4, -0.2) is 36.5 Å². The van der Waals surface area contributed by atoms with Gasteiger partial charge in [-0.15, -0.1) is 0 Å². The third-order valence-corrected chi connectivity index (χ3v) is 4.10. The van der Waals surface area contributed by atoms with E-state index >= 15 is 0 Å². The lowest BCUT2D eigenvalue weighted by molar-refractivity contribution is 0.378. The van der Waals surface area contributed by atoms with Gasteiger partial charge in [-0.25, -0.2) is 4.98 Å². The van der Waals surface area contributed by atoms with E-state index in [2.05, 4.69) is 44.5 Å². The van der Waals surface area contributed by atoms with Crippen LogP contribution in [0.5, 0.6) is 5.88 Å². The minimum Gasteiger partial charge on any atom is -0.481 e. The van der Waals surface area contributed by atoms with E-state index in [9.17, 15) is 0 Å². The number of nitrogens with one attached hydrogen (secondary N) is 1. The molecule has 5 heteroatoms. The zero-order valence-corrected chi connectivity index (χ0v) is 13.6. The molecular formula is C18H22N4O. The fraction of sp³-hybridized carbons (Fsp3) is 0.333. The van der Waals surface area contributed by atoms with Crippen molar-refractivity contribution in [2.24, 2.45) is 4.99 Å². The monoisotopic (exact) mass is 310 g/mol. The van der Waals surface area contributed by atoms with E-state index in [0.717, 1.165) is 31.0 Å². The van der Waals surface area contributed by atoms with Gasteiger partial charge >= 0.3 is 0 Å². The summed E-state index contributed by atoms with van der Waals surface area (Å²) in [5.41, 5.74) is 3.95. The van der Waals surface area contributed by atoms with Crippen molar-refractivity contribution in [1.82, 2.24) is 15.2 Å². The van der Waals surface area contributed by atoms with Crippen molar-refractivity contribution >= 4 is 5.96 Å². The Hall–Kier alpha value is -2.56. The molecule has 0 saturated carbocycles. The van der Waals surface area contributed by atoms with Crippen molar-refractivity contribution in [2.75, 3.05) is 20.7 Å². The zero-order valence-electron chi connectivity index (χ0n) is 13.6. The fourth-order valence-electron chi connectivity index (χ4n) is 2.86. The summed E-state index contributed by atoms with van der Waals surface area (Å²) in [6, 6.07) is 12.5. The van der Waals surface area contributed by atoms with E-state index in [1.807, 2.05) is 19.2 Å². The van der Waals surface area contributed by atoms with Gasteiger partial charge < -0.3 is 15.0 Å². The average Bonchev–Trinajstić information content (AvgIpc) is 2.62.